The van der Waals surface area contributed by atoms with Crippen molar-refractivity contribution < 1.29 is 19.4 Å². The Kier molecular flexibility index (Phi) is 8.19. The van der Waals surface area contributed by atoms with E-state index in [-0.39, 0.29) is 18.5 Å². The van der Waals surface area contributed by atoms with E-state index in [0.29, 0.717) is 6.42 Å². The first kappa shape index (κ1) is 21.8. The standard InChI is InChI=1S/C26H28O4/c1-29-24(27)19-23(18-17-20-11-5-2-6-12-20)30-26(22-15-9-4-10-16-22)25(28)21-13-7-3-8-14-21/h2-16,23,25-26,28H,17-19H2,1H3/t23?,25-,26-/m1/s1. The largest absolute Gasteiger partial charge is 0.469 e. The van der Waals surface area contributed by atoms with E-state index < -0.39 is 12.2 Å². The van der Waals surface area contributed by atoms with Crippen molar-refractivity contribution in [1.82, 2.24) is 0 Å². The Morgan fingerprint density at radius 2 is 1.37 bits per heavy atom. The van der Waals surface area contributed by atoms with Gasteiger partial charge in [0.1, 0.15) is 12.2 Å². The fraction of sp³-hybridized carbons (Fsp3) is 0.269. The molecule has 0 saturated heterocycles. The van der Waals surface area contributed by atoms with Crippen LogP contribution in [-0.2, 0) is 20.7 Å². The Labute approximate surface area is 178 Å². The molecule has 0 heterocycles. The van der Waals surface area contributed by atoms with Gasteiger partial charge in [0.2, 0.25) is 0 Å². The summed E-state index contributed by atoms with van der Waals surface area (Å²) in [4.78, 5) is 12.0. The molecule has 156 valence electrons. The fourth-order valence-corrected chi connectivity index (χ4v) is 3.47. The molecule has 1 N–H and O–H groups in total. The van der Waals surface area contributed by atoms with Gasteiger partial charge in [-0.3, -0.25) is 4.79 Å². The number of methoxy groups -OCH3 is 1. The van der Waals surface area contributed by atoms with Crippen LogP contribution in [0.5, 0.6) is 0 Å². The molecule has 1 unspecified atom stereocenters. The average Bonchev–Trinajstić information content (AvgIpc) is 2.82. The zero-order valence-corrected chi connectivity index (χ0v) is 17.2. The highest BCUT2D eigenvalue weighted by Crippen LogP contribution is 2.34. The monoisotopic (exact) mass is 404 g/mol. The van der Waals surface area contributed by atoms with Gasteiger partial charge < -0.3 is 14.6 Å². The van der Waals surface area contributed by atoms with Gasteiger partial charge in [-0.2, -0.15) is 0 Å². The van der Waals surface area contributed by atoms with Crippen molar-refractivity contribution in [3.8, 4) is 0 Å². The molecule has 0 amide bonds. The molecule has 0 spiro atoms. The van der Waals surface area contributed by atoms with Gasteiger partial charge in [-0.1, -0.05) is 91.0 Å². The van der Waals surface area contributed by atoms with E-state index in [2.05, 4.69) is 12.1 Å². The summed E-state index contributed by atoms with van der Waals surface area (Å²) in [7, 11) is 1.38. The number of aryl methyl sites for hydroxylation is 1. The van der Waals surface area contributed by atoms with Crippen molar-refractivity contribution in [2.45, 2.75) is 37.6 Å². The number of benzene rings is 3. The van der Waals surface area contributed by atoms with Crippen LogP contribution in [0, 0.1) is 0 Å². The molecule has 0 bridgehead atoms. The summed E-state index contributed by atoms with van der Waals surface area (Å²) >= 11 is 0. The van der Waals surface area contributed by atoms with Gasteiger partial charge in [-0.05, 0) is 29.5 Å². The smallest absolute Gasteiger partial charge is 0.308 e. The van der Waals surface area contributed by atoms with Crippen LogP contribution in [0.25, 0.3) is 0 Å². The van der Waals surface area contributed by atoms with Gasteiger partial charge in [-0.25, -0.2) is 0 Å². The third kappa shape index (κ3) is 6.28. The molecular weight excluding hydrogens is 376 g/mol. The molecule has 0 aliphatic rings. The Bertz CT molecular complexity index is 881. The van der Waals surface area contributed by atoms with E-state index in [1.54, 1.807) is 0 Å². The van der Waals surface area contributed by atoms with E-state index in [1.807, 2.05) is 78.9 Å². The molecule has 3 aromatic carbocycles. The average molecular weight is 405 g/mol. The summed E-state index contributed by atoms with van der Waals surface area (Å²) in [5, 5.41) is 11.1. The van der Waals surface area contributed by atoms with Crippen LogP contribution in [0.4, 0.5) is 0 Å². The Balaban J connectivity index is 1.82. The second-order valence-corrected chi connectivity index (χ2v) is 7.25. The first-order valence-electron chi connectivity index (χ1n) is 10.2. The van der Waals surface area contributed by atoms with E-state index in [4.69, 9.17) is 9.47 Å². The van der Waals surface area contributed by atoms with Crippen LogP contribution in [0.15, 0.2) is 91.0 Å². The second-order valence-electron chi connectivity index (χ2n) is 7.25. The SMILES string of the molecule is COC(=O)CC(CCc1ccccc1)O[C@H](c1ccccc1)[C@H](O)c1ccccc1. The predicted octanol–water partition coefficient (Wildman–Crippen LogP) is 5.04. The number of hydrogen-bond acceptors (Lipinski definition) is 4. The summed E-state index contributed by atoms with van der Waals surface area (Å²) in [6, 6.07) is 29.2. The fourth-order valence-electron chi connectivity index (χ4n) is 3.47. The van der Waals surface area contributed by atoms with Crippen molar-refractivity contribution >= 4 is 5.97 Å². The number of hydrogen-bond donors (Lipinski definition) is 1. The predicted molar refractivity (Wildman–Crippen MR) is 117 cm³/mol. The topological polar surface area (TPSA) is 55.8 Å². The van der Waals surface area contributed by atoms with Crippen LogP contribution in [0.1, 0.15) is 41.7 Å². The summed E-state index contributed by atoms with van der Waals surface area (Å²) in [5.41, 5.74) is 2.81. The maximum atomic E-state index is 12.0. The second kappa shape index (κ2) is 11.3. The van der Waals surface area contributed by atoms with Gasteiger partial charge in [-0.15, -0.1) is 0 Å². The highest BCUT2D eigenvalue weighted by molar-refractivity contribution is 5.69. The number of ether oxygens (including phenoxy) is 2. The third-order valence-electron chi connectivity index (χ3n) is 5.11. The molecule has 0 radical (unpaired) electrons. The van der Waals surface area contributed by atoms with Gasteiger partial charge in [0, 0.05) is 0 Å². The lowest BCUT2D eigenvalue weighted by Gasteiger charge is -2.29. The number of rotatable bonds is 10. The molecule has 3 rings (SSSR count). The molecule has 0 aliphatic heterocycles. The molecule has 30 heavy (non-hydrogen) atoms. The Morgan fingerprint density at radius 1 is 0.833 bits per heavy atom. The molecule has 4 heteroatoms. The maximum absolute atomic E-state index is 12.0. The van der Waals surface area contributed by atoms with Crippen molar-refractivity contribution in [3.05, 3.63) is 108 Å². The Hall–Kier alpha value is -2.95. The van der Waals surface area contributed by atoms with Crippen molar-refractivity contribution in [2.24, 2.45) is 0 Å². The van der Waals surface area contributed by atoms with Crippen LogP contribution in [-0.4, -0.2) is 24.3 Å². The van der Waals surface area contributed by atoms with Gasteiger partial charge >= 0.3 is 5.97 Å². The minimum Gasteiger partial charge on any atom is -0.469 e. The molecule has 0 fully saturated rings. The highest BCUT2D eigenvalue weighted by Gasteiger charge is 2.28. The van der Waals surface area contributed by atoms with Crippen molar-refractivity contribution in [1.29, 1.82) is 0 Å². The van der Waals surface area contributed by atoms with Crippen molar-refractivity contribution in [3.63, 3.8) is 0 Å². The summed E-state index contributed by atoms with van der Waals surface area (Å²) < 4.78 is 11.3. The third-order valence-corrected chi connectivity index (χ3v) is 5.11. The molecular formula is C26H28O4. The van der Waals surface area contributed by atoms with E-state index >= 15 is 0 Å². The highest BCUT2D eigenvalue weighted by atomic mass is 16.5. The van der Waals surface area contributed by atoms with Gasteiger partial charge in [0.15, 0.2) is 0 Å². The molecule has 4 nitrogen and oxygen atoms in total. The van der Waals surface area contributed by atoms with Crippen LogP contribution in [0.2, 0.25) is 0 Å². The van der Waals surface area contributed by atoms with E-state index in [9.17, 15) is 9.90 Å². The normalized spacial score (nSPS) is 13.9. The number of esters is 1. The lowest BCUT2D eigenvalue weighted by atomic mass is 9.97. The molecule has 3 aromatic rings. The summed E-state index contributed by atoms with van der Waals surface area (Å²) in [5.74, 6) is -0.325. The molecule has 3 atom stereocenters. The number of carbonyl (C=O) groups is 1. The van der Waals surface area contributed by atoms with Crippen LogP contribution >= 0.6 is 0 Å². The molecule has 0 aromatic heterocycles. The first-order valence-corrected chi connectivity index (χ1v) is 10.2. The van der Waals surface area contributed by atoms with Gasteiger partial charge in [0.05, 0.1) is 19.6 Å². The zero-order valence-electron chi connectivity index (χ0n) is 17.2. The van der Waals surface area contributed by atoms with E-state index in [1.165, 1.54) is 12.7 Å². The van der Waals surface area contributed by atoms with Crippen LogP contribution < -0.4 is 0 Å². The zero-order chi connectivity index (χ0) is 21.2. The summed E-state index contributed by atoms with van der Waals surface area (Å²) in [6.45, 7) is 0. The van der Waals surface area contributed by atoms with Crippen molar-refractivity contribution in [2.75, 3.05) is 7.11 Å². The number of carbonyl (C=O) groups excluding carboxylic acids is 1. The molecule has 0 saturated carbocycles. The summed E-state index contributed by atoms with van der Waals surface area (Å²) in [6.07, 6.45) is -0.297. The maximum Gasteiger partial charge on any atom is 0.308 e. The number of aliphatic hydroxyl groups is 1. The number of aliphatic hydroxyl groups excluding tert-OH is 1. The lowest BCUT2D eigenvalue weighted by Crippen LogP contribution is -2.25. The lowest BCUT2D eigenvalue weighted by molar-refractivity contribution is -0.148. The van der Waals surface area contributed by atoms with Gasteiger partial charge in [0.25, 0.3) is 0 Å². The minimum atomic E-state index is -0.856. The quantitative estimate of drug-likeness (QED) is 0.481. The van der Waals surface area contributed by atoms with E-state index in [0.717, 1.165) is 17.5 Å². The molecule has 0 aliphatic carbocycles. The van der Waals surface area contributed by atoms with Crippen LogP contribution in [0.3, 0.4) is 0 Å². The minimum absolute atomic E-state index is 0.133. The Morgan fingerprint density at radius 3 is 1.93 bits per heavy atom. The first-order chi connectivity index (χ1) is 14.7.